The van der Waals surface area contributed by atoms with Gasteiger partial charge in [0.05, 0.1) is 6.42 Å². The van der Waals surface area contributed by atoms with Crippen LogP contribution in [-0.4, -0.2) is 55.3 Å². The van der Waals surface area contributed by atoms with Crippen LogP contribution in [0.4, 0.5) is 4.39 Å². The molecule has 2 aromatic carbocycles. The minimum atomic E-state index is -0.283. The van der Waals surface area contributed by atoms with Crippen molar-refractivity contribution in [1.29, 1.82) is 0 Å². The fourth-order valence-electron chi connectivity index (χ4n) is 4.14. The molecule has 31 heavy (non-hydrogen) atoms. The van der Waals surface area contributed by atoms with Gasteiger partial charge < -0.3 is 4.90 Å². The summed E-state index contributed by atoms with van der Waals surface area (Å²) < 4.78 is 14.1. The first-order valence-corrected chi connectivity index (χ1v) is 11.8. The quantitative estimate of drug-likeness (QED) is 0.697. The molecule has 2 aliphatic rings. The van der Waals surface area contributed by atoms with Gasteiger partial charge in [0.15, 0.2) is 0 Å². The summed E-state index contributed by atoms with van der Waals surface area (Å²) in [5.41, 5.74) is 8.89. The van der Waals surface area contributed by atoms with Gasteiger partial charge in [0, 0.05) is 31.1 Å². The number of likely N-dealkylation sites (N-methyl/N-ethyl adjacent to an activating group) is 1. The number of nitrogens with zero attached hydrogens (tertiary/aromatic N) is 2. The summed E-state index contributed by atoms with van der Waals surface area (Å²) in [6, 6.07) is 13.2. The molecule has 1 fully saturated rings. The highest BCUT2D eigenvalue weighted by Gasteiger charge is 2.26. The summed E-state index contributed by atoms with van der Waals surface area (Å²) in [7, 11) is 2.08. The predicted octanol–water partition coefficient (Wildman–Crippen LogP) is 4.54. The number of thioether (sulfide) groups is 1. The second-order valence-corrected chi connectivity index (χ2v) is 9.01. The Hall–Kier alpha value is -2.41. The van der Waals surface area contributed by atoms with E-state index in [4.69, 9.17) is 0 Å². The SMILES string of the molecule is CSc1ccc(/C=C2/C(C)=C(CC(=O)NN3CCN(C)CC3)c3cc(F)ccc32)cc1. The maximum absolute atomic E-state index is 14.1. The molecule has 0 saturated carbocycles. The Morgan fingerprint density at radius 2 is 1.81 bits per heavy atom. The van der Waals surface area contributed by atoms with Crippen LogP contribution < -0.4 is 5.43 Å². The van der Waals surface area contributed by atoms with Gasteiger partial charge in [-0.25, -0.2) is 9.40 Å². The largest absolute Gasteiger partial charge is 0.304 e. The van der Waals surface area contributed by atoms with Gasteiger partial charge in [-0.15, -0.1) is 11.8 Å². The normalized spacial score (nSPS) is 18.5. The molecule has 1 saturated heterocycles. The standard InChI is InChI=1S/C25H28FN3OS/c1-17-22(14-18-4-7-20(31-3)8-5-18)21-9-6-19(26)15-24(21)23(17)16-25(30)27-29-12-10-28(2)11-13-29/h4-9,14-15H,10-13,16H2,1-3H3,(H,27,30)/b22-14-. The number of piperazine rings is 1. The van der Waals surface area contributed by atoms with Crippen molar-refractivity contribution in [3.63, 3.8) is 0 Å². The van der Waals surface area contributed by atoms with Crippen LogP contribution in [0.25, 0.3) is 17.2 Å². The molecule has 1 heterocycles. The van der Waals surface area contributed by atoms with Gasteiger partial charge in [-0.1, -0.05) is 18.2 Å². The number of hydrogen-bond acceptors (Lipinski definition) is 4. The summed E-state index contributed by atoms with van der Waals surface area (Å²) in [5, 5.41) is 1.98. The molecule has 1 amide bonds. The van der Waals surface area contributed by atoms with E-state index in [-0.39, 0.29) is 18.1 Å². The molecule has 162 valence electrons. The molecule has 1 aliphatic heterocycles. The van der Waals surface area contributed by atoms with Crippen LogP contribution in [0.15, 0.2) is 52.9 Å². The second kappa shape index (κ2) is 9.39. The lowest BCUT2D eigenvalue weighted by Gasteiger charge is -2.32. The third-order valence-corrected chi connectivity index (χ3v) is 6.75. The van der Waals surface area contributed by atoms with Crippen molar-refractivity contribution in [2.24, 2.45) is 0 Å². The summed E-state index contributed by atoms with van der Waals surface area (Å²) in [6.45, 7) is 5.50. The lowest BCUT2D eigenvalue weighted by molar-refractivity contribution is -0.125. The zero-order chi connectivity index (χ0) is 22.0. The number of hydrazine groups is 1. The number of carbonyl (C=O) groups is 1. The Labute approximate surface area is 187 Å². The Balaban J connectivity index is 1.60. The number of halogens is 1. The van der Waals surface area contributed by atoms with E-state index in [0.29, 0.717) is 0 Å². The van der Waals surface area contributed by atoms with Gasteiger partial charge in [0.2, 0.25) is 5.91 Å². The number of amides is 1. The zero-order valence-corrected chi connectivity index (χ0v) is 19.1. The average Bonchev–Trinajstić information content (AvgIpc) is 3.01. The molecular weight excluding hydrogens is 409 g/mol. The molecule has 1 aliphatic carbocycles. The minimum absolute atomic E-state index is 0.0558. The number of fused-ring (bicyclic) bond motifs is 1. The van der Waals surface area contributed by atoms with Gasteiger partial charge in [0.25, 0.3) is 0 Å². The maximum Gasteiger partial charge on any atom is 0.238 e. The summed E-state index contributed by atoms with van der Waals surface area (Å²) in [6.07, 6.45) is 4.42. The number of nitrogens with one attached hydrogen (secondary N) is 1. The fraction of sp³-hybridized carbons (Fsp3) is 0.320. The van der Waals surface area contributed by atoms with Gasteiger partial charge in [-0.05, 0) is 84.0 Å². The molecule has 0 atom stereocenters. The molecular formula is C25H28FN3OS. The van der Waals surface area contributed by atoms with Crippen molar-refractivity contribution in [2.45, 2.75) is 18.2 Å². The van der Waals surface area contributed by atoms with Crippen LogP contribution in [0.3, 0.4) is 0 Å². The molecule has 6 heteroatoms. The lowest BCUT2D eigenvalue weighted by atomic mass is 10.0. The van der Waals surface area contributed by atoms with E-state index in [9.17, 15) is 9.18 Å². The highest BCUT2D eigenvalue weighted by Crippen LogP contribution is 2.43. The molecule has 1 N–H and O–H groups in total. The van der Waals surface area contributed by atoms with Gasteiger partial charge in [-0.2, -0.15) is 0 Å². The molecule has 2 aromatic rings. The van der Waals surface area contributed by atoms with Gasteiger partial charge in [-0.3, -0.25) is 10.2 Å². The minimum Gasteiger partial charge on any atom is -0.304 e. The Bertz CT molecular complexity index is 1040. The highest BCUT2D eigenvalue weighted by atomic mass is 32.2. The van der Waals surface area contributed by atoms with Crippen LogP contribution >= 0.6 is 11.8 Å². The summed E-state index contributed by atoms with van der Waals surface area (Å²) >= 11 is 1.71. The van der Waals surface area contributed by atoms with Gasteiger partial charge >= 0.3 is 0 Å². The van der Waals surface area contributed by atoms with Crippen molar-refractivity contribution in [2.75, 3.05) is 39.5 Å². The monoisotopic (exact) mass is 437 g/mol. The lowest BCUT2D eigenvalue weighted by Crippen LogP contribution is -2.52. The third-order valence-electron chi connectivity index (χ3n) is 6.00. The van der Waals surface area contributed by atoms with E-state index in [1.807, 2.05) is 18.0 Å². The predicted molar refractivity (Wildman–Crippen MR) is 127 cm³/mol. The zero-order valence-electron chi connectivity index (χ0n) is 18.2. The van der Waals surface area contributed by atoms with E-state index in [1.54, 1.807) is 17.8 Å². The van der Waals surface area contributed by atoms with Crippen molar-refractivity contribution >= 4 is 34.9 Å². The molecule has 0 bridgehead atoms. The molecule has 0 unspecified atom stereocenters. The first-order chi connectivity index (χ1) is 14.9. The number of allylic oxidation sites excluding steroid dienone is 2. The number of rotatable bonds is 5. The van der Waals surface area contributed by atoms with E-state index in [2.05, 4.69) is 54.0 Å². The molecule has 0 spiro atoms. The fourth-order valence-corrected chi connectivity index (χ4v) is 4.55. The van der Waals surface area contributed by atoms with E-state index in [0.717, 1.165) is 59.6 Å². The van der Waals surface area contributed by atoms with Crippen LogP contribution in [0.1, 0.15) is 30.0 Å². The van der Waals surface area contributed by atoms with Crippen molar-refractivity contribution < 1.29 is 9.18 Å². The molecule has 0 aromatic heterocycles. The summed E-state index contributed by atoms with van der Waals surface area (Å²) in [4.78, 5) is 16.3. The molecule has 4 nitrogen and oxygen atoms in total. The van der Waals surface area contributed by atoms with E-state index in [1.165, 1.54) is 11.0 Å². The first-order valence-electron chi connectivity index (χ1n) is 10.5. The molecule has 0 radical (unpaired) electrons. The van der Waals surface area contributed by atoms with Crippen molar-refractivity contribution in [1.82, 2.24) is 15.3 Å². The smallest absolute Gasteiger partial charge is 0.238 e. The van der Waals surface area contributed by atoms with Crippen LogP contribution in [0.5, 0.6) is 0 Å². The van der Waals surface area contributed by atoms with Gasteiger partial charge in [0.1, 0.15) is 5.82 Å². The molecule has 4 rings (SSSR count). The first kappa shape index (κ1) is 21.8. The van der Waals surface area contributed by atoms with Crippen molar-refractivity contribution in [3.05, 3.63) is 70.5 Å². The number of hydrogen-bond donors (Lipinski definition) is 1. The van der Waals surface area contributed by atoms with Crippen molar-refractivity contribution in [3.8, 4) is 0 Å². The van der Waals surface area contributed by atoms with Crippen LogP contribution in [0, 0.1) is 5.82 Å². The number of benzene rings is 2. The Kier molecular flexibility index (Phi) is 6.60. The van der Waals surface area contributed by atoms with E-state index < -0.39 is 0 Å². The van der Waals surface area contributed by atoms with Crippen LogP contribution in [-0.2, 0) is 4.79 Å². The highest BCUT2D eigenvalue weighted by molar-refractivity contribution is 7.98. The Morgan fingerprint density at radius 3 is 2.48 bits per heavy atom. The number of carbonyl (C=O) groups excluding carboxylic acids is 1. The van der Waals surface area contributed by atoms with E-state index >= 15 is 0 Å². The second-order valence-electron chi connectivity index (χ2n) is 8.13. The average molecular weight is 438 g/mol. The third kappa shape index (κ3) is 4.92. The summed E-state index contributed by atoms with van der Waals surface area (Å²) in [5.74, 6) is -0.339. The maximum atomic E-state index is 14.1. The Morgan fingerprint density at radius 1 is 1.10 bits per heavy atom. The topological polar surface area (TPSA) is 35.6 Å². The van der Waals surface area contributed by atoms with Crippen LogP contribution in [0.2, 0.25) is 0 Å².